The van der Waals surface area contributed by atoms with Crippen molar-refractivity contribution in [2.45, 2.75) is 6.92 Å². The average Bonchev–Trinajstić information content (AvgIpc) is 3.08. The summed E-state index contributed by atoms with van der Waals surface area (Å²) in [7, 11) is 0. The molecule has 0 atom stereocenters. The maximum Gasteiger partial charge on any atom is 0.172 e. The van der Waals surface area contributed by atoms with E-state index in [1.807, 2.05) is 6.07 Å². The fourth-order valence-electron chi connectivity index (χ4n) is 1.93. The van der Waals surface area contributed by atoms with Crippen molar-refractivity contribution in [2.75, 3.05) is 5.73 Å². The zero-order chi connectivity index (χ0) is 14.1. The van der Waals surface area contributed by atoms with E-state index in [4.69, 9.17) is 10.2 Å². The molecule has 6 heteroatoms. The van der Waals surface area contributed by atoms with Gasteiger partial charge in [0, 0.05) is 5.56 Å². The molecule has 0 bridgehead atoms. The topological polar surface area (TPSA) is 86.9 Å². The zero-order valence-electron chi connectivity index (χ0n) is 10.8. The molecule has 3 rings (SSSR count). The standard InChI is InChI=1S/C14H12N4O2/c1-9(19)10-4-2-5-11(8-10)18-14(15)13(16-17-18)12-6-3-7-20-12/h2-8H,15H2,1H3. The van der Waals surface area contributed by atoms with E-state index < -0.39 is 0 Å². The molecule has 0 amide bonds. The number of Topliss-reactive ketones (excluding diaryl/α,β-unsaturated/α-hetero) is 1. The number of rotatable bonds is 3. The van der Waals surface area contributed by atoms with Crippen LogP contribution in [-0.4, -0.2) is 20.8 Å². The summed E-state index contributed by atoms with van der Waals surface area (Å²) in [5.41, 5.74) is 7.80. The van der Waals surface area contributed by atoms with Gasteiger partial charge in [-0.05, 0) is 31.2 Å². The minimum atomic E-state index is -0.0169. The largest absolute Gasteiger partial charge is 0.463 e. The highest BCUT2D eigenvalue weighted by molar-refractivity contribution is 5.94. The van der Waals surface area contributed by atoms with Crippen LogP contribution in [0.4, 0.5) is 5.82 Å². The zero-order valence-corrected chi connectivity index (χ0v) is 10.8. The Labute approximate surface area is 114 Å². The molecule has 0 aliphatic rings. The van der Waals surface area contributed by atoms with Crippen molar-refractivity contribution in [3.8, 4) is 17.1 Å². The van der Waals surface area contributed by atoms with Crippen molar-refractivity contribution in [3.05, 3.63) is 48.2 Å². The molecule has 0 saturated heterocycles. The summed E-state index contributed by atoms with van der Waals surface area (Å²) in [4.78, 5) is 11.4. The molecule has 0 fully saturated rings. The first kappa shape index (κ1) is 12.2. The highest BCUT2D eigenvalue weighted by atomic mass is 16.3. The number of anilines is 1. The van der Waals surface area contributed by atoms with Gasteiger partial charge < -0.3 is 10.2 Å². The van der Waals surface area contributed by atoms with E-state index in [9.17, 15) is 4.79 Å². The maximum absolute atomic E-state index is 11.4. The van der Waals surface area contributed by atoms with Gasteiger partial charge in [0.25, 0.3) is 0 Å². The number of nitrogens with zero attached hydrogens (tertiary/aromatic N) is 3. The lowest BCUT2D eigenvalue weighted by Gasteiger charge is -2.04. The van der Waals surface area contributed by atoms with Gasteiger partial charge in [-0.15, -0.1) is 5.10 Å². The summed E-state index contributed by atoms with van der Waals surface area (Å²) < 4.78 is 6.74. The number of nitrogen functional groups attached to an aromatic ring is 1. The van der Waals surface area contributed by atoms with Gasteiger partial charge in [-0.2, -0.15) is 4.68 Å². The second kappa shape index (κ2) is 4.65. The Morgan fingerprint density at radius 2 is 2.15 bits per heavy atom. The predicted octanol–water partition coefficient (Wildman–Crippen LogP) is 2.31. The second-order valence-electron chi connectivity index (χ2n) is 4.32. The number of carbonyl (C=O) groups is 1. The number of benzene rings is 1. The van der Waals surface area contributed by atoms with Crippen LogP contribution in [0.3, 0.4) is 0 Å². The molecule has 2 aromatic heterocycles. The van der Waals surface area contributed by atoms with Crippen LogP contribution in [-0.2, 0) is 0 Å². The normalized spacial score (nSPS) is 10.7. The fraction of sp³-hybridized carbons (Fsp3) is 0.0714. The summed E-state index contributed by atoms with van der Waals surface area (Å²) in [5, 5.41) is 8.03. The maximum atomic E-state index is 11.4. The van der Waals surface area contributed by atoms with E-state index in [1.54, 1.807) is 36.6 Å². The molecule has 20 heavy (non-hydrogen) atoms. The van der Waals surface area contributed by atoms with Crippen molar-refractivity contribution in [2.24, 2.45) is 0 Å². The van der Waals surface area contributed by atoms with Crippen molar-refractivity contribution in [1.82, 2.24) is 15.0 Å². The number of hydrogen-bond donors (Lipinski definition) is 1. The number of aromatic nitrogens is 3. The Morgan fingerprint density at radius 1 is 1.30 bits per heavy atom. The van der Waals surface area contributed by atoms with E-state index in [0.717, 1.165) is 0 Å². The van der Waals surface area contributed by atoms with Gasteiger partial charge in [0.2, 0.25) is 0 Å². The first-order valence-electron chi connectivity index (χ1n) is 6.03. The van der Waals surface area contributed by atoms with E-state index in [-0.39, 0.29) is 5.78 Å². The minimum Gasteiger partial charge on any atom is -0.463 e. The highest BCUT2D eigenvalue weighted by Gasteiger charge is 2.15. The van der Waals surface area contributed by atoms with E-state index >= 15 is 0 Å². The molecule has 0 saturated carbocycles. The quantitative estimate of drug-likeness (QED) is 0.736. The summed E-state index contributed by atoms with van der Waals surface area (Å²) in [6, 6.07) is 10.6. The predicted molar refractivity (Wildman–Crippen MR) is 73.5 cm³/mol. The summed E-state index contributed by atoms with van der Waals surface area (Å²) in [5.74, 6) is 0.897. The van der Waals surface area contributed by atoms with E-state index in [1.165, 1.54) is 11.6 Å². The first-order chi connectivity index (χ1) is 9.66. The molecule has 3 aromatic rings. The van der Waals surface area contributed by atoms with Crippen molar-refractivity contribution < 1.29 is 9.21 Å². The van der Waals surface area contributed by atoms with Gasteiger partial charge in [-0.25, -0.2) is 0 Å². The molecule has 0 radical (unpaired) electrons. The molecule has 2 heterocycles. The molecular formula is C14H12N4O2. The van der Waals surface area contributed by atoms with E-state index in [2.05, 4.69) is 10.3 Å². The van der Waals surface area contributed by atoms with Crippen molar-refractivity contribution >= 4 is 11.6 Å². The lowest BCUT2D eigenvalue weighted by Crippen LogP contribution is -2.03. The van der Waals surface area contributed by atoms with Crippen LogP contribution in [0.1, 0.15) is 17.3 Å². The Balaban J connectivity index is 2.08. The molecule has 0 unspecified atom stereocenters. The van der Waals surface area contributed by atoms with Gasteiger partial charge in [-0.3, -0.25) is 4.79 Å². The van der Waals surface area contributed by atoms with Crippen LogP contribution < -0.4 is 5.73 Å². The summed E-state index contributed by atoms with van der Waals surface area (Å²) in [6.07, 6.45) is 1.55. The summed E-state index contributed by atoms with van der Waals surface area (Å²) in [6.45, 7) is 1.51. The monoisotopic (exact) mass is 268 g/mol. The third-order valence-electron chi connectivity index (χ3n) is 2.96. The third kappa shape index (κ3) is 1.97. The van der Waals surface area contributed by atoms with Crippen LogP contribution in [0.2, 0.25) is 0 Å². The lowest BCUT2D eigenvalue weighted by atomic mass is 10.1. The minimum absolute atomic E-state index is 0.0169. The number of furan rings is 1. The highest BCUT2D eigenvalue weighted by Crippen LogP contribution is 2.25. The first-order valence-corrected chi connectivity index (χ1v) is 6.03. The number of carbonyl (C=O) groups excluding carboxylic acids is 1. The third-order valence-corrected chi connectivity index (χ3v) is 2.96. The molecule has 0 aliphatic heterocycles. The van der Waals surface area contributed by atoms with Crippen LogP contribution >= 0.6 is 0 Å². The lowest BCUT2D eigenvalue weighted by molar-refractivity contribution is 0.101. The van der Waals surface area contributed by atoms with Crippen molar-refractivity contribution in [3.63, 3.8) is 0 Å². The number of ketones is 1. The Morgan fingerprint density at radius 3 is 2.85 bits per heavy atom. The van der Waals surface area contributed by atoms with E-state index in [0.29, 0.717) is 28.5 Å². The fourth-order valence-corrected chi connectivity index (χ4v) is 1.93. The van der Waals surface area contributed by atoms with Gasteiger partial charge in [0.1, 0.15) is 0 Å². The van der Waals surface area contributed by atoms with Gasteiger partial charge in [0.05, 0.1) is 12.0 Å². The van der Waals surface area contributed by atoms with Crippen LogP contribution in [0.15, 0.2) is 47.1 Å². The smallest absolute Gasteiger partial charge is 0.172 e. The molecule has 1 aromatic carbocycles. The Bertz CT molecular complexity index is 759. The van der Waals surface area contributed by atoms with Gasteiger partial charge in [0.15, 0.2) is 23.1 Å². The Kier molecular flexibility index (Phi) is 2.83. The Hall–Kier alpha value is -2.89. The van der Waals surface area contributed by atoms with Gasteiger partial charge in [-0.1, -0.05) is 17.3 Å². The molecule has 6 nitrogen and oxygen atoms in total. The average molecular weight is 268 g/mol. The molecule has 0 aliphatic carbocycles. The van der Waals surface area contributed by atoms with Crippen molar-refractivity contribution in [1.29, 1.82) is 0 Å². The second-order valence-corrected chi connectivity index (χ2v) is 4.32. The molecule has 0 spiro atoms. The number of nitrogens with two attached hydrogens (primary N) is 1. The summed E-state index contributed by atoms with van der Waals surface area (Å²) >= 11 is 0. The SMILES string of the molecule is CC(=O)c1cccc(-n2nnc(-c3ccco3)c2N)c1. The molecule has 2 N–H and O–H groups in total. The van der Waals surface area contributed by atoms with Gasteiger partial charge >= 0.3 is 0 Å². The molecular weight excluding hydrogens is 256 g/mol. The van der Waals surface area contributed by atoms with Crippen LogP contribution in [0.5, 0.6) is 0 Å². The molecule has 100 valence electrons. The van der Waals surface area contributed by atoms with Crippen LogP contribution in [0.25, 0.3) is 17.1 Å². The van der Waals surface area contributed by atoms with Crippen LogP contribution in [0, 0.1) is 0 Å². The number of hydrogen-bond acceptors (Lipinski definition) is 5.